The van der Waals surface area contributed by atoms with Gasteiger partial charge in [0.25, 0.3) is 0 Å². The molecule has 0 aliphatic carbocycles. The topological polar surface area (TPSA) is 38.4 Å². The molecule has 3 nitrogen and oxygen atoms in total. The fraction of sp³-hybridized carbons (Fsp3) is 0. The van der Waals surface area contributed by atoms with Crippen LogP contribution >= 0.6 is 0 Å². The van der Waals surface area contributed by atoms with E-state index in [0.29, 0.717) is 16.2 Å². The van der Waals surface area contributed by atoms with Crippen molar-refractivity contribution in [3.05, 3.63) is 90.1 Å². The van der Waals surface area contributed by atoms with Gasteiger partial charge in [-0.1, -0.05) is 65.5 Å². The first-order chi connectivity index (χ1) is 11.3. The lowest BCUT2D eigenvalue weighted by molar-refractivity contribution is -0.435. The van der Waals surface area contributed by atoms with E-state index in [1.807, 2.05) is 78.9 Å². The molecule has 4 aromatic carbocycles. The normalized spacial score (nSPS) is 11.9. The molecule has 0 radical (unpaired) electrons. The third kappa shape index (κ3) is 2.53. The van der Waals surface area contributed by atoms with Gasteiger partial charge in [-0.25, -0.2) is 0 Å². The summed E-state index contributed by atoms with van der Waals surface area (Å²) < 4.78 is 0. The van der Waals surface area contributed by atoms with Gasteiger partial charge >= 0.3 is 0 Å². The van der Waals surface area contributed by atoms with Gasteiger partial charge in [-0.3, -0.25) is 0 Å². The van der Waals surface area contributed by atoms with Crippen LogP contribution in [0.3, 0.4) is 0 Å². The van der Waals surface area contributed by atoms with E-state index in [1.54, 1.807) is 6.07 Å². The third-order valence-electron chi connectivity index (χ3n) is 3.92. The third-order valence-corrected chi connectivity index (χ3v) is 3.92. The number of fused-ring (bicyclic) bond motifs is 2. The van der Waals surface area contributed by atoms with Gasteiger partial charge < -0.3 is 5.21 Å². The Morgan fingerprint density at radius 2 is 1.35 bits per heavy atom. The summed E-state index contributed by atoms with van der Waals surface area (Å²) in [6.45, 7) is 0. The Labute approximate surface area is 133 Å². The smallest absolute Gasteiger partial charge is 0.245 e. The van der Waals surface area contributed by atoms with Crippen LogP contribution in [0.5, 0.6) is 0 Å². The molecule has 0 bridgehead atoms. The van der Waals surface area contributed by atoms with Crippen molar-refractivity contribution in [1.82, 2.24) is 0 Å². The van der Waals surface area contributed by atoms with Crippen LogP contribution < -0.4 is 0 Å². The summed E-state index contributed by atoms with van der Waals surface area (Å²) >= 11 is 0. The number of rotatable bonds is 2. The van der Waals surface area contributed by atoms with Crippen molar-refractivity contribution >= 4 is 32.9 Å². The van der Waals surface area contributed by atoms with Crippen molar-refractivity contribution in [2.45, 2.75) is 0 Å². The van der Waals surface area contributed by atoms with Gasteiger partial charge in [0.15, 0.2) is 0 Å². The molecule has 0 saturated carbocycles. The molecule has 0 aliphatic heterocycles. The molecule has 0 spiro atoms. The van der Waals surface area contributed by atoms with Crippen LogP contribution in [0.25, 0.3) is 21.5 Å². The molecule has 0 N–H and O–H groups in total. The van der Waals surface area contributed by atoms with Crippen molar-refractivity contribution in [2.24, 2.45) is 5.11 Å². The molecular weight excluding hydrogens is 284 g/mol. The van der Waals surface area contributed by atoms with E-state index in [2.05, 4.69) is 5.11 Å². The standard InChI is InChI=1S/C20H14N2O/c23-22(18-13-12-15-6-1-2-8-17(15)14-18)21-20-11-5-9-16-7-3-4-10-19(16)20/h1-14H. The summed E-state index contributed by atoms with van der Waals surface area (Å²) in [5.74, 6) is 0. The average Bonchev–Trinajstić information content (AvgIpc) is 2.61. The zero-order chi connectivity index (χ0) is 15.6. The lowest BCUT2D eigenvalue weighted by Crippen LogP contribution is -1.90. The second kappa shape index (κ2) is 5.54. The van der Waals surface area contributed by atoms with Gasteiger partial charge in [0, 0.05) is 22.6 Å². The van der Waals surface area contributed by atoms with Gasteiger partial charge in [-0.05, 0) is 28.3 Å². The fourth-order valence-electron chi connectivity index (χ4n) is 2.75. The minimum absolute atomic E-state index is 0.525. The molecule has 110 valence electrons. The Morgan fingerprint density at radius 3 is 2.22 bits per heavy atom. The largest absolute Gasteiger partial charge is 0.594 e. The molecule has 0 fully saturated rings. The molecule has 0 atom stereocenters. The van der Waals surface area contributed by atoms with Crippen LogP contribution in [-0.4, -0.2) is 4.86 Å². The van der Waals surface area contributed by atoms with E-state index in [0.717, 1.165) is 21.5 Å². The minimum atomic E-state index is 0.525. The summed E-state index contributed by atoms with van der Waals surface area (Å²) in [6, 6.07) is 27.2. The predicted octanol–water partition coefficient (Wildman–Crippen LogP) is 5.92. The Morgan fingerprint density at radius 1 is 0.652 bits per heavy atom. The number of hydrogen-bond donors (Lipinski definition) is 0. The van der Waals surface area contributed by atoms with Crippen molar-refractivity contribution in [1.29, 1.82) is 0 Å². The van der Waals surface area contributed by atoms with Crippen LogP contribution in [0.2, 0.25) is 0 Å². The molecule has 23 heavy (non-hydrogen) atoms. The van der Waals surface area contributed by atoms with E-state index in [9.17, 15) is 5.21 Å². The van der Waals surface area contributed by atoms with Crippen molar-refractivity contribution in [3.63, 3.8) is 0 Å². The van der Waals surface area contributed by atoms with Gasteiger partial charge in [0.05, 0.1) is 0 Å². The van der Waals surface area contributed by atoms with E-state index in [4.69, 9.17) is 0 Å². The molecular formula is C20H14N2O. The fourth-order valence-corrected chi connectivity index (χ4v) is 2.75. The summed E-state index contributed by atoms with van der Waals surface area (Å²) in [6.07, 6.45) is 0. The minimum Gasteiger partial charge on any atom is -0.594 e. The molecule has 0 saturated heterocycles. The lowest BCUT2D eigenvalue weighted by Gasteiger charge is -2.03. The number of nitrogens with zero attached hydrogens (tertiary/aromatic N) is 2. The summed E-state index contributed by atoms with van der Waals surface area (Å²) in [7, 11) is 0. The molecule has 0 unspecified atom stereocenters. The molecule has 4 aromatic rings. The SMILES string of the molecule is [O-][N+](=Nc1cccc2ccccc12)c1ccc2ccccc2c1. The second-order valence-corrected chi connectivity index (χ2v) is 5.40. The monoisotopic (exact) mass is 298 g/mol. The van der Waals surface area contributed by atoms with Crippen molar-refractivity contribution in [3.8, 4) is 0 Å². The zero-order valence-corrected chi connectivity index (χ0v) is 12.4. The summed E-state index contributed by atoms with van der Waals surface area (Å²) in [5, 5.41) is 20.9. The predicted molar refractivity (Wildman–Crippen MR) is 93.3 cm³/mol. The van der Waals surface area contributed by atoms with E-state index < -0.39 is 0 Å². The number of azo groups is 1. The highest BCUT2D eigenvalue weighted by atomic mass is 16.5. The molecule has 4 rings (SSSR count). The van der Waals surface area contributed by atoms with Gasteiger partial charge in [0.1, 0.15) is 5.69 Å². The Balaban J connectivity index is 1.82. The highest BCUT2D eigenvalue weighted by Gasteiger charge is 2.07. The maximum absolute atomic E-state index is 12.5. The van der Waals surface area contributed by atoms with Gasteiger partial charge in [-0.15, -0.1) is 0 Å². The first kappa shape index (κ1) is 13.5. The zero-order valence-electron chi connectivity index (χ0n) is 12.4. The Hall–Kier alpha value is -3.20. The number of benzene rings is 4. The lowest BCUT2D eigenvalue weighted by atomic mass is 10.1. The first-order valence-corrected chi connectivity index (χ1v) is 7.47. The van der Waals surface area contributed by atoms with E-state index in [-0.39, 0.29) is 0 Å². The van der Waals surface area contributed by atoms with E-state index in [1.165, 1.54) is 0 Å². The maximum atomic E-state index is 12.5. The van der Waals surface area contributed by atoms with Crippen LogP contribution in [0.1, 0.15) is 0 Å². The molecule has 0 heterocycles. The van der Waals surface area contributed by atoms with Crippen molar-refractivity contribution < 1.29 is 4.86 Å². The van der Waals surface area contributed by atoms with Gasteiger partial charge in [0.2, 0.25) is 5.69 Å². The summed E-state index contributed by atoms with van der Waals surface area (Å²) in [4.78, 5) is 0.689. The van der Waals surface area contributed by atoms with E-state index >= 15 is 0 Å². The molecule has 3 heteroatoms. The van der Waals surface area contributed by atoms with Crippen LogP contribution in [0.15, 0.2) is 90.0 Å². The van der Waals surface area contributed by atoms with Crippen LogP contribution in [-0.2, 0) is 0 Å². The molecule has 0 aliphatic rings. The second-order valence-electron chi connectivity index (χ2n) is 5.40. The highest BCUT2D eigenvalue weighted by molar-refractivity contribution is 5.92. The summed E-state index contributed by atoms with van der Waals surface area (Å²) in [5.41, 5.74) is 1.20. The quantitative estimate of drug-likeness (QED) is 0.257. The Bertz CT molecular complexity index is 1030. The van der Waals surface area contributed by atoms with Gasteiger partial charge in [-0.2, -0.15) is 0 Å². The maximum Gasteiger partial charge on any atom is 0.245 e. The average molecular weight is 298 g/mol. The molecule has 0 amide bonds. The van der Waals surface area contributed by atoms with Crippen LogP contribution in [0.4, 0.5) is 11.4 Å². The molecule has 0 aromatic heterocycles. The first-order valence-electron chi connectivity index (χ1n) is 7.47. The van der Waals surface area contributed by atoms with Crippen molar-refractivity contribution in [2.75, 3.05) is 0 Å². The highest BCUT2D eigenvalue weighted by Crippen LogP contribution is 2.28. The number of hydrogen-bond acceptors (Lipinski definition) is 2. The Kier molecular flexibility index (Phi) is 3.24. The van der Waals surface area contributed by atoms with Crippen LogP contribution in [0, 0.1) is 5.21 Å².